The minimum Gasteiger partial charge on any atom is -0.486 e. The molecule has 0 atom stereocenters. The quantitative estimate of drug-likeness (QED) is 0.511. The first kappa shape index (κ1) is 17.3. The molecule has 1 aromatic carbocycles. The van der Waals surface area contributed by atoms with Gasteiger partial charge in [0.05, 0.1) is 11.4 Å². The fraction of sp³-hybridized carbons (Fsp3) is 0.353. The number of hydrogen-bond donors (Lipinski definition) is 1. The van der Waals surface area contributed by atoms with Gasteiger partial charge in [0, 0.05) is 6.07 Å². The maximum absolute atomic E-state index is 6.05. The number of nitrogen functional groups attached to an aromatic ring is 1. The fourth-order valence-corrected chi connectivity index (χ4v) is 2.97. The van der Waals surface area contributed by atoms with Gasteiger partial charge in [-0.3, -0.25) is 0 Å². The number of thioether (sulfide) groups is 1. The second kappa shape index (κ2) is 7.60. The van der Waals surface area contributed by atoms with Crippen LogP contribution in [0.15, 0.2) is 40.0 Å². The molecule has 0 spiro atoms. The number of nitrogens with two attached hydrogens (primary N) is 1. The van der Waals surface area contributed by atoms with Gasteiger partial charge in [0.25, 0.3) is 0 Å². The Morgan fingerprint density at radius 1 is 1.24 bits per heavy atom. The molecule has 25 heavy (non-hydrogen) atoms. The van der Waals surface area contributed by atoms with Crippen molar-refractivity contribution in [3.63, 3.8) is 0 Å². The standard InChI is InChI=1S/C17H21N5O2S/c1-11(2)13-4-6-14(7-5-13)23-9-16-19-20-17(22(16)18)25-10-15-8-12(3)21-24-15/h4-8,11H,9-10,18H2,1-3H3. The molecule has 0 aliphatic heterocycles. The van der Waals surface area contributed by atoms with Gasteiger partial charge < -0.3 is 15.1 Å². The van der Waals surface area contributed by atoms with E-state index in [4.69, 9.17) is 15.1 Å². The van der Waals surface area contributed by atoms with Gasteiger partial charge >= 0.3 is 0 Å². The summed E-state index contributed by atoms with van der Waals surface area (Å²) in [7, 11) is 0. The molecule has 0 fully saturated rings. The van der Waals surface area contributed by atoms with E-state index in [2.05, 4.69) is 41.3 Å². The van der Waals surface area contributed by atoms with E-state index in [-0.39, 0.29) is 6.61 Å². The van der Waals surface area contributed by atoms with Crippen LogP contribution in [0.5, 0.6) is 5.75 Å². The molecule has 2 heterocycles. The molecule has 3 rings (SSSR count). The first-order valence-electron chi connectivity index (χ1n) is 8.00. The summed E-state index contributed by atoms with van der Waals surface area (Å²) < 4.78 is 12.4. The Hall–Kier alpha value is -2.48. The molecular formula is C17H21N5O2S. The summed E-state index contributed by atoms with van der Waals surface area (Å²) in [4.78, 5) is 0. The average Bonchev–Trinajstić information content (AvgIpc) is 3.17. The highest BCUT2D eigenvalue weighted by Crippen LogP contribution is 2.22. The lowest BCUT2D eigenvalue weighted by atomic mass is 10.0. The fourth-order valence-electron chi connectivity index (χ4n) is 2.22. The van der Waals surface area contributed by atoms with Gasteiger partial charge in [-0.05, 0) is 30.5 Å². The smallest absolute Gasteiger partial charge is 0.210 e. The Kier molecular flexibility index (Phi) is 5.28. The zero-order valence-corrected chi connectivity index (χ0v) is 15.3. The minimum atomic E-state index is 0.256. The molecule has 0 unspecified atom stereocenters. The Labute approximate surface area is 150 Å². The molecule has 0 amide bonds. The summed E-state index contributed by atoms with van der Waals surface area (Å²) in [5.41, 5.74) is 2.12. The number of rotatable bonds is 7. The van der Waals surface area contributed by atoms with E-state index < -0.39 is 0 Å². The van der Waals surface area contributed by atoms with Crippen LogP contribution in [0.2, 0.25) is 0 Å². The Morgan fingerprint density at radius 3 is 2.64 bits per heavy atom. The normalized spacial score (nSPS) is 11.2. The molecule has 7 nitrogen and oxygen atoms in total. The highest BCUT2D eigenvalue weighted by atomic mass is 32.2. The SMILES string of the molecule is Cc1cc(CSc2nnc(COc3ccc(C(C)C)cc3)n2N)on1. The monoisotopic (exact) mass is 359 g/mol. The van der Waals surface area contributed by atoms with E-state index in [0.717, 1.165) is 17.2 Å². The third-order valence-corrected chi connectivity index (χ3v) is 4.64. The highest BCUT2D eigenvalue weighted by Gasteiger charge is 2.12. The van der Waals surface area contributed by atoms with Crippen molar-refractivity contribution in [1.29, 1.82) is 0 Å². The summed E-state index contributed by atoms with van der Waals surface area (Å²) in [5.74, 6) is 9.24. The summed E-state index contributed by atoms with van der Waals surface area (Å²) >= 11 is 1.44. The Bertz CT molecular complexity index is 826. The van der Waals surface area contributed by atoms with E-state index in [1.807, 2.05) is 25.1 Å². The van der Waals surface area contributed by atoms with Crippen molar-refractivity contribution in [2.45, 2.75) is 44.2 Å². The number of benzene rings is 1. The van der Waals surface area contributed by atoms with Crippen LogP contribution >= 0.6 is 11.8 Å². The van der Waals surface area contributed by atoms with Crippen molar-refractivity contribution in [3.8, 4) is 5.75 Å². The zero-order chi connectivity index (χ0) is 17.8. The summed E-state index contributed by atoms with van der Waals surface area (Å²) in [5, 5.41) is 12.6. The molecule has 2 aromatic heterocycles. The van der Waals surface area contributed by atoms with Gasteiger partial charge in [0.1, 0.15) is 18.1 Å². The van der Waals surface area contributed by atoms with Gasteiger partial charge in [-0.1, -0.05) is 42.9 Å². The minimum absolute atomic E-state index is 0.256. The van der Waals surface area contributed by atoms with Gasteiger partial charge in [-0.15, -0.1) is 10.2 Å². The van der Waals surface area contributed by atoms with Gasteiger partial charge in [0.2, 0.25) is 5.16 Å². The first-order valence-corrected chi connectivity index (χ1v) is 8.98. The topological polar surface area (TPSA) is 92.0 Å². The zero-order valence-electron chi connectivity index (χ0n) is 14.5. The largest absolute Gasteiger partial charge is 0.486 e. The van der Waals surface area contributed by atoms with Crippen molar-refractivity contribution in [3.05, 3.63) is 53.2 Å². The molecule has 0 saturated carbocycles. The van der Waals surface area contributed by atoms with Crippen LogP contribution in [0.1, 0.15) is 42.6 Å². The predicted octanol–water partition coefficient (Wildman–Crippen LogP) is 3.28. The van der Waals surface area contributed by atoms with Crippen LogP contribution in [-0.2, 0) is 12.4 Å². The van der Waals surface area contributed by atoms with Crippen molar-refractivity contribution in [2.75, 3.05) is 5.84 Å². The number of nitrogens with zero attached hydrogens (tertiary/aromatic N) is 4. The van der Waals surface area contributed by atoms with E-state index in [1.165, 1.54) is 22.0 Å². The lowest BCUT2D eigenvalue weighted by molar-refractivity contribution is 0.291. The van der Waals surface area contributed by atoms with Gasteiger partial charge in [-0.2, -0.15) is 0 Å². The maximum Gasteiger partial charge on any atom is 0.210 e. The van der Waals surface area contributed by atoms with Crippen LogP contribution in [0.4, 0.5) is 0 Å². The third kappa shape index (κ3) is 4.33. The number of ether oxygens (including phenoxy) is 1. The van der Waals surface area contributed by atoms with Crippen molar-refractivity contribution < 1.29 is 9.26 Å². The third-order valence-electron chi connectivity index (χ3n) is 3.67. The number of aryl methyl sites for hydroxylation is 1. The second-order valence-corrected chi connectivity index (χ2v) is 6.95. The number of hydrogen-bond acceptors (Lipinski definition) is 7. The molecule has 3 aromatic rings. The molecule has 132 valence electrons. The van der Waals surface area contributed by atoms with E-state index >= 15 is 0 Å². The number of aromatic nitrogens is 4. The second-order valence-electron chi connectivity index (χ2n) is 6.00. The lowest BCUT2D eigenvalue weighted by Crippen LogP contribution is -2.15. The average molecular weight is 359 g/mol. The molecular weight excluding hydrogens is 338 g/mol. The predicted molar refractivity (Wildman–Crippen MR) is 95.8 cm³/mol. The van der Waals surface area contributed by atoms with Crippen LogP contribution in [0.3, 0.4) is 0 Å². The van der Waals surface area contributed by atoms with Crippen LogP contribution in [0, 0.1) is 6.92 Å². The van der Waals surface area contributed by atoms with E-state index in [1.54, 1.807) is 0 Å². The molecule has 0 aliphatic carbocycles. The van der Waals surface area contributed by atoms with Crippen LogP contribution in [0.25, 0.3) is 0 Å². The van der Waals surface area contributed by atoms with Crippen molar-refractivity contribution in [1.82, 2.24) is 20.0 Å². The van der Waals surface area contributed by atoms with Crippen molar-refractivity contribution in [2.24, 2.45) is 0 Å². The van der Waals surface area contributed by atoms with Crippen LogP contribution < -0.4 is 10.6 Å². The van der Waals surface area contributed by atoms with E-state index in [0.29, 0.717) is 22.7 Å². The van der Waals surface area contributed by atoms with E-state index in [9.17, 15) is 0 Å². The molecule has 0 saturated heterocycles. The molecule has 8 heteroatoms. The molecule has 0 radical (unpaired) electrons. The van der Waals surface area contributed by atoms with Crippen molar-refractivity contribution >= 4 is 11.8 Å². The maximum atomic E-state index is 6.05. The van der Waals surface area contributed by atoms with Crippen LogP contribution in [-0.4, -0.2) is 20.0 Å². The molecule has 0 bridgehead atoms. The summed E-state index contributed by atoms with van der Waals surface area (Å²) in [6.07, 6.45) is 0. The first-order chi connectivity index (χ1) is 12.0. The molecule has 2 N–H and O–H groups in total. The van der Waals surface area contributed by atoms with Gasteiger partial charge in [-0.25, -0.2) is 4.68 Å². The Morgan fingerprint density at radius 2 is 2.00 bits per heavy atom. The highest BCUT2D eigenvalue weighted by molar-refractivity contribution is 7.98. The molecule has 0 aliphatic rings. The Balaban J connectivity index is 1.57. The lowest BCUT2D eigenvalue weighted by Gasteiger charge is -2.08. The summed E-state index contributed by atoms with van der Waals surface area (Å²) in [6.45, 7) is 6.46. The summed E-state index contributed by atoms with van der Waals surface area (Å²) in [6, 6.07) is 9.92. The van der Waals surface area contributed by atoms with Gasteiger partial charge in [0.15, 0.2) is 5.82 Å².